The van der Waals surface area contributed by atoms with Crippen LogP contribution in [0.25, 0.3) is 5.69 Å². The first-order valence-corrected chi connectivity index (χ1v) is 9.00. The fourth-order valence-electron chi connectivity index (χ4n) is 2.97. The SMILES string of the molecule is Cc1cc(/C=N\NC(=O)c2ccc(O)cc2)c(C)n1-c1ccc(Cl)c(C(=O)O)c1. The molecule has 3 rings (SSSR count). The summed E-state index contributed by atoms with van der Waals surface area (Å²) in [6.07, 6.45) is 1.52. The number of aromatic hydroxyl groups is 1. The Balaban J connectivity index is 1.83. The molecule has 0 atom stereocenters. The van der Waals surface area contributed by atoms with Crippen molar-refractivity contribution in [3.63, 3.8) is 0 Å². The summed E-state index contributed by atoms with van der Waals surface area (Å²) in [7, 11) is 0. The Morgan fingerprint density at radius 1 is 1.10 bits per heavy atom. The van der Waals surface area contributed by atoms with Gasteiger partial charge >= 0.3 is 5.97 Å². The lowest BCUT2D eigenvalue weighted by atomic mass is 10.2. The van der Waals surface area contributed by atoms with Crippen molar-refractivity contribution in [3.05, 3.63) is 81.6 Å². The number of hydrogen-bond acceptors (Lipinski definition) is 4. The van der Waals surface area contributed by atoms with Gasteiger partial charge in [-0.25, -0.2) is 10.2 Å². The molecule has 0 unspecified atom stereocenters. The third-order valence-corrected chi connectivity index (χ3v) is 4.74. The van der Waals surface area contributed by atoms with E-state index in [0.29, 0.717) is 11.3 Å². The highest BCUT2D eigenvalue weighted by Crippen LogP contribution is 2.24. The van der Waals surface area contributed by atoms with Crippen LogP contribution >= 0.6 is 11.6 Å². The molecule has 3 aromatic rings. The number of rotatable bonds is 5. The number of nitrogens with one attached hydrogen (secondary N) is 1. The molecule has 0 fully saturated rings. The number of nitrogens with zero attached hydrogens (tertiary/aromatic N) is 2. The first kappa shape index (κ1) is 20.2. The first-order chi connectivity index (χ1) is 13.8. The second-order valence-electron chi connectivity index (χ2n) is 6.38. The number of amides is 1. The van der Waals surface area contributed by atoms with Crippen LogP contribution in [-0.4, -0.2) is 32.9 Å². The van der Waals surface area contributed by atoms with Crippen LogP contribution in [0.3, 0.4) is 0 Å². The number of hydrogen-bond donors (Lipinski definition) is 3. The molecule has 0 aliphatic rings. The van der Waals surface area contributed by atoms with Gasteiger partial charge in [0.2, 0.25) is 0 Å². The molecule has 8 heteroatoms. The maximum absolute atomic E-state index is 12.1. The van der Waals surface area contributed by atoms with Gasteiger partial charge in [0.15, 0.2) is 0 Å². The molecule has 0 bridgehead atoms. The highest BCUT2D eigenvalue weighted by Gasteiger charge is 2.14. The molecule has 0 spiro atoms. The monoisotopic (exact) mass is 411 g/mol. The van der Waals surface area contributed by atoms with Crippen molar-refractivity contribution in [1.82, 2.24) is 9.99 Å². The van der Waals surface area contributed by atoms with Crippen molar-refractivity contribution >= 4 is 29.7 Å². The van der Waals surface area contributed by atoms with Gasteiger partial charge in [0.25, 0.3) is 5.91 Å². The van der Waals surface area contributed by atoms with Crippen LogP contribution in [0.1, 0.15) is 37.7 Å². The number of carboxylic acids is 1. The second-order valence-corrected chi connectivity index (χ2v) is 6.78. The minimum atomic E-state index is -1.10. The van der Waals surface area contributed by atoms with E-state index < -0.39 is 11.9 Å². The van der Waals surface area contributed by atoms with Crippen LogP contribution in [0.2, 0.25) is 5.02 Å². The van der Waals surface area contributed by atoms with Gasteiger partial charge in [0.1, 0.15) is 5.75 Å². The van der Waals surface area contributed by atoms with Crippen LogP contribution in [-0.2, 0) is 0 Å². The number of carbonyl (C=O) groups excluding carboxylic acids is 1. The van der Waals surface area contributed by atoms with Gasteiger partial charge in [0.05, 0.1) is 16.8 Å². The van der Waals surface area contributed by atoms with E-state index in [2.05, 4.69) is 10.5 Å². The van der Waals surface area contributed by atoms with Crippen LogP contribution in [0, 0.1) is 13.8 Å². The largest absolute Gasteiger partial charge is 0.508 e. The van der Waals surface area contributed by atoms with Gasteiger partial charge in [-0.3, -0.25) is 4.79 Å². The lowest BCUT2D eigenvalue weighted by molar-refractivity contribution is 0.0696. The van der Waals surface area contributed by atoms with E-state index in [-0.39, 0.29) is 16.3 Å². The number of halogens is 1. The van der Waals surface area contributed by atoms with Crippen molar-refractivity contribution in [2.45, 2.75) is 13.8 Å². The number of phenolic OH excluding ortho intramolecular Hbond substituents is 1. The molecule has 0 saturated heterocycles. The van der Waals surface area contributed by atoms with Crippen molar-refractivity contribution in [3.8, 4) is 11.4 Å². The number of aromatic carboxylic acids is 1. The Morgan fingerprint density at radius 3 is 2.45 bits per heavy atom. The maximum atomic E-state index is 12.1. The quantitative estimate of drug-likeness (QED) is 0.437. The molecule has 7 nitrogen and oxygen atoms in total. The average Bonchev–Trinajstić information content (AvgIpc) is 2.96. The number of aromatic nitrogens is 1. The second kappa shape index (κ2) is 8.20. The summed E-state index contributed by atoms with van der Waals surface area (Å²) in [5, 5.41) is 22.7. The summed E-state index contributed by atoms with van der Waals surface area (Å²) in [5.41, 5.74) is 5.95. The zero-order valence-corrected chi connectivity index (χ0v) is 16.4. The van der Waals surface area contributed by atoms with E-state index in [4.69, 9.17) is 11.6 Å². The molecular formula is C21H18ClN3O4. The number of carboxylic acid groups (broad SMARTS) is 1. The van der Waals surface area contributed by atoms with Crippen LogP contribution < -0.4 is 5.43 Å². The molecule has 0 aliphatic heterocycles. The predicted octanol–water partition coefficient (Wildman–Crippen LogP) is 3.92. The average molecular weight is 412 g/mol. The molecular weight excluding hydrogens is 394 g/mol. The normalized spacial score (nSPS) is 11.0. The Hall–Kier alpha value is -3.58. The Kier molecular flexibility index (Phi) is 5.70. The van der Waals surface area contributed by atoms with Gasteiger partial charge in [-0.05, 0) is 62.4 Å². The highest BCUT2D eigenvalue weighted by atomic mass is 35.5. The zero-order valence-electron chi connectivity index (χ0n) is 15.7. The molecule has 3 N–H and O–H groups in total. The molecule has 1 aromatic heterocycles. The number of aryl methyl sites for hydroxylation is 1. The summed E-state index contributed by atoms with van der Waals surface area (Å²) >= 11 is 5.96. The number of carbonyl (C=O) groups is 2. The molecule has 148 valence electrons. The summed E-state index contributed by atoms with van der Waals surface area (Å²) in [4.78, 5) is 23.4. The van der Waals surface area contributed by atoms with Gasteiger partial charge in [-0.1, -0.05) is 11.6 Å². The Labute approximate surface area is 171 Å². The first-order valence-electron chi connectivity index (χ1n) is 8.62. The summed E-state index contributed by atoms with van der Waals surface area (Å²) in [5.74, 6) is -1.43. The molecule has 0 aliphatic carbocycles. The molecule has 29 heavy (non-hydrogen) atoms. The third kappa shape index (κ3) is 4.30. The van der Waals surface area contributed by atoms with Crippen molar-refractivity contribution in [2.24, 2.45) is 5.10 Å². The topological polar surface area (TPSA) is 104 Å². The Bertz CT molecular complexity index is 1120. The van der Waals surface area contributed by atoms with Crippen LogP contribution in [0.15, 0.2) is 53.6 Å². The summed E-state index contributed by atoms with van der Waals surface area (Å²) in [6.45, 7) is 3.75. The number of benzene rings is 2. The lowest BCUT2D eigenvalue weighted by Crippen LogP contribution is -2.17. The standard InChI is InChI=1S/C21H18ClN3O4/c1-12-9-15(11-23-24-20(27)14-3-6-17(26)7-4-14)13(2)25(12)16-5-8-19(22)18(10-16)21(28)29/h3-11,26H,1-2H3,(H,24,27)(H,28,29)/b23-11-. The minimum Gasteiger partial charge on any atom is -0.508 e. The van der Waals surface area contributed by atoms with Crippen molar-refractivity contribution in [2.75, 3.05) is 0 Å². The lowest BCUT2D eigenvalue weighted by Gasteiger charge is -2.11. The highest BCUT2D eigenvalue weighted by molar-refractivity contribution is 6.33. The van der Waals surface area contributed by atoms with E-state index in [9.17, 15) is 19.8 Å². The smallest absolute Gasteiger partial charge is 0.337 e. The van der Waals surface area contributed by atoms with E-state index in [1.807, 2.05) is 24.5 Å². The zero-order chi connectivity index (χ0) is 21.1. The number of phenols is 1. The van der Waals surface area contributed by atoms with E-state index >= 15 is 0 Å². The van der Waals surface area contributed by atoms with E-state index in [1.54, 1.807) is 12.1 Å². The molecule has 1 heterocycles. The van der Waals surface area contributed by atoms with Crippen LogP contribution in [0.4, 0.5) is 0 Å². The molecule has 1 amide bonds. The van der Waals surface area contributed by atoms with Gasteiger partial charge in [0, 0.05) is 28.2 Å². The molecule has 0 saturated carbocycles. The van der Waals surface area contributed by atoms with E-state index in [1.165, 1.54) is 36.5 Å². The predicted molar refractivity (Wildman–Crippen MR) is 110 cm³/mol. The van der Waals surface area contributed by atoms with E-state index in [0.717, 1.165) is 17.0 Å². The van der Waals surface area contributed by atoms with Gasteiger partial charge < -0.3 is 14.8 Å². The summed E-state index contributed by atoms with van der Waals surface area (Å²) in [6, 6.07) is 12.5. The molecule has 0 radical (unpaired) electrons. The van der Waals surface area contributed by atoms with Crippen molar-refractivity contribution in [1.29, 1.82) is 0 Å². The summed E-state index contributed by atoms with van der Waals surface area (Å²) < 4.78 is 1.88. The fourth-order valence-corrected chi connectivity index (χ4v) is 3.17. The number of hydrazone groups is 1. The van der Waals surface area contributed by atoms with Crippen molar-refractivity contribution < 1.29 is 19.8 Å². The maximum Gasteiger partial charge on any atom is 0.337 e. The third-order valence-electron chi connectivity index (χ3n) is 4.41. The van der Waals surface area contributed by atoms with Crippen LogP contribution in [0.5, 0.6) is 5.75 Å². The Morgan fingerprint density at radius 2 is 1.79 bits per heavy atom. The minimum absolute atomic E-state index is 0.0213. The van der Waals surface area contributed by atoms with Gasteiger partial charge in [-0.2, -0.15) is 5.10 Å². The van der Waals surface area contributed by atoms with Gasteiger partial charge in [-0.15, -0.1) is 0 Å². The fraction of sp³-hybridized carbons (Fsp3) is 0.0952. The molecule has 2 aromatic carbocycles.